The molecule has 4 aromatic carbocycles. The molecule has 0 radical (unpaired) electrons. The van der Waals surface area contributed by atoms with E-state index in [9.17, 15) is 0 Å². The van der Waals surface area contributed by atoms with Gasteiger partial charge in [-0.15, -0.1) is 11.6 Å². The van der Waals surface area contributed by atoms with Crippen LogP contribution in [0.15, 0.2) is 109 Å². The summed E-state index contributed by atoms with van der Waals surface area (Å²) >= 11 is 18.3. The van der Waals surface area contributed by atoms with E-state index in [1.807, 2.05) is 109 Å². The first kappa shape index (κ1) is 36.0. The third-order valence-electron chi connectivity index (χ3n) is 5.95. The Morgan fingerprint density at radius 1 is 0.605 bits per heavy atom. The number of nitrogens with two attached hydrogens (primary N) is 1. The maximum absolute atomic E-state index is 6.18. The van der Waals surface area contributed by atoms with Gasteiger partial charge in [-0.25, -0.2) is 9.97 Å². The smallest absolute Gasteiger partial charge is 0.224 e. The average Bonchev–Trinajstić information content (AvgIpc) is 2.99. The normalized spacial score (nSPS) is 9.95. The Morgan fingerprint density at radius 3 is 1.44 bits per heavy atom. The van der Waals surface area contributed by atoms with Gasteiger partial charge < -0.3 is 22.6 Å². The van der Waals surface area contributed by atoms with Crippen molar-refractivity contribution in [2.24, 2.45) is 5.73 Å². The molecule has 2 heterocycles. The van der Waals surface area contributed by atoms with Gasteiger partial charge in [-0.2, -0.15) is 0 Å². The molecule has 0 saturated heterocycles. The summed E-state index contributed by atoms with van der Waals surface area (Å²) in [6.07, 6.45) is 0. The number of pyridine rings is 2. The van der Waals surface area contributed by atoms with Crippen molar-refractivity contribution in [1.29, 1.82) is 0 Å². The van der Waals surface area contributed by atoms with E-state index >= 15 is 0 Å². The molecule has 0 bridgehead atoms. The second-order valence-corrected chi connectivity index (χ2v) is 9.78. The van der Waals surface area contributed by atoms with Gasteiger partial charge in [0.15, 0.2) is 0 Å². The fraction of sp³-hybridized carbons (Fsp3) is 0.0882. The van der Waals surface area contributed by atoms with Gasteiger partial charge in [0.2, 0.25) is 11.8 Å². The Labute approximate surface area is 281 Å². The van der Waals surface area contributed by atoms with Crippen molar-refractivity contribution in [3.05, 3.63) is 138 Å². The second-order valence-electron chi connectivity index (χ2n) is 8.70. The van der Waals surface area contributed by atoms with E-state index in [-0.39, 0.29) is 35.3 Å². The standard InChI is InChI=1S/C16H11Cl2NO.C16H13ClN2O.CH4.CH3.Pd/c17-10-12-9-11-5-4-8-14(18)15(11)19-16(12)20-13-6-2-1-3-7-13;17-14-8-4-5-11-9-12(10-18)16(19-15(11)14)20-13-6-2-1-3-7-13;;;/h1-9H,10H2;1-9H,10,18H2;1H4;1H3;/q;;;-1;. The molecule has 2 N–H and O–H groups in total. The maximum atomic E-state index is 6.18. The molecule has 0 fully saturated rings. The van der Waals surface area contributed by atoms with Crippen molar-refractivity contribution in [2.75, 3.05) is 0 Å². The molecule has 0 spiro atoms. The predicted octanol–water partition coefficient (Wildman–Crippen LogP) is 10.6. The first-order chi connectivity index (χ1) is 19.6. The molecule has 0 saturated carbocycles. The summed E-state index contributed by atoms with van der Waals surface area (Å²) in [5, 5.41) is 3.11. The Balaban J connectivity index is 0.000000281. The molecular weight excluding hydrogens is 695 g/mol. The Bertz CT molecular complexity index is 1630. The van der Waals surface area contributed by atoms with Crippen LogP contribution in [0.3, 0.4) is 0 Å². The van der Waals surface area contributed by atoms with Gasteiger partial charge in [-0.3, -0.25) is 0 Å². The third kappa shape index (κ3) is 8.90. The van der Waals surface area contributed by atoms with Gasteiger partial charge in [-0.1, -0.05) is 91.3 Å². The molecular formula is C34H31Cl3N3O2Pd-. The van der Waals surface area contributed by atoms with Gasteiger partial charge in [0.1, 0.15) is 11.5 Å². The first-order valence-electron chi connectivity index (χ1n) is 12.4. The minimum absolute atomic E-state index is 0. The van der Waals surface area contributed by atoms with Crippen molar-refractivity contribution in [3.63, 3.8) is 0 Å². The summed E-state index contributed by atoms with van der Waals surface area (Å²) < 4.78 is 11.6. The summed E-state index contributed by atoms with van der Waals surface area (Å²) in [4.78, 5) is 9.01. The zero-order valence-corrected chi connectivity index (χ0v) is 26.4. The number of rotatable bonds is 6. The number of para-hydroxylation sites is 4. The summed E-state index contributed by atoms with van der Waals surface area (Å²) in [6, 6.07) is 34.2. The molecule has 6 aromatic rings. The van der Waals surface area contributed by atoms with E-state index < -0.39 is 0 Å². The molecule has 9 heteroatoms. The summed E-state index contributed by atoms with van der Waals surface area (Å²) in [5.41, 5.74) is 8.91. The van der Waals surface area contributed by atoms with Crippen LogP contribution < -0.4 is 15.2 Å². The maximum Gasteiger partial charge on any atom is 0.224 e. The van der Waals surface area contributed by atoms with E-state index in [0.29, 0.717) is 39.7 Å². The number of fused-ring (bicyclic) bond motifs is 2. The van der Waals surface area contributed by atoms with Crippen molar-refractivity contribution >= 4 is 56.6 Å². The van der Waals surface area contributed by atoms with Crippen LogP contribution in [0.4, 0.5) is 0 Å². The van der Waals surface area contributed by atoms with Crippen LogP contribution in [0, 0.1) is 7.43 Å². The molecule has 0 unspecified atom stereocenters. The first-order valence-corrected chi connectivity index (χ1v) is 13.7. The molecule has 43 heavy (non-hydrogen) atoms. The molecule has 6 rings (SSSR count). The number of ether oxygens (including phenoxy) is 2. The van der Waals surface area contributed by atoms with Crippen LogP contribution in [0.2, 0.25) is 10.0 Å². The molecule has 0 aliphatic rings. The summed E-state index contributed by atoms with van der Waals surface area (Å²) in [6.45, 7) is 0.359. The van der Waals surface area contributed by atoms with E-state index in [0.717, 1.165) is 38.9 Å². The monoisotopic (exact) mass is 724 g/mol. The topological polar surface area (TPSA) is 70.3 Å². The van der Waals surface area contributed by atoms with Gasteiger partial charge in [0.25, 0.3) is 0 Å². The molecule has 5 nitrogen and oxygen atoms in total. The van der Waals surface area contributed by atoms with Crippen molar-refractivity contribution in [3.8, 4) is 23.3 Å². The minimum Gasteiger partial charge on any atom is -0.439 e. The van der Waals surface area contributed by atoms with Crippen LogP contribution in [0.5, 0.6) is 23.3 Å². The summed E-state index contributed by atoms with van der Waals surface area (Å²) in [5.74, 6) is 2.77. The van der Waals surface area contributed by atoms with Crippen molar-refractivity contribution in [1.82, 2.24) is 9.97 Å². The number of hydrogen-bond donors (Lipinski definition) is 1. The van der Waals surface area contributed by atoms with E-state index in [1.54, 1.807) is 0 Å². The van der Waals surface area contributed by atoms with Crippen LogP contribution >= 0.6 is 34.8 Å². The Kier molecular flexibility index (Phi) is 14.4. The van der Waals surface area contributed by atoms with Gasteiger partial charge in [0, 0.05) is 48.9 Å². The average molecular weight is 726 g/mol. The summed E-state index contributed by atoms with van der Waals surface area (Å²) in [7, 11) is 0. The minimum atomic E-state index is 0. The largest absolute Gasteiger partial charge is 0.439 e. The van der Waals surface area contributed by atoms with Crippen molar-refractivity contribution < 1.29 is 29.9 Å². The quantitative estimate of drug-likeness (QED) is 0.105. The van der Waals surface area contributed by atoms with Gasteiger partial charge in [-0.05, 0) is 48.5 Å². The molecule has 0 atom stereocenters. The number of alkyl halides is 1. The van der Waals surface area contributed by atoms with Crippen LogP contribution in [0.1, 0.15) is 18.6 Å². The van der Waals surface area contributed by atoms with Crippen LogP contribution in [-0.4, -0.2) is 9.97 Å². The SMILES string of the molecule is C.ClCc1cc2cccc(Cl)c2nc1Oc1ccccc1.NCc1cc2cccc(Cl)c2nc1Oc1ccccc1.[CH3-].[Pd]. The zero-order valence-electron chi connectivity index (χ0n) is 22.5. The number of halogens is 3. The second kappa shape index (κ2) is 17.2. The van der Waals surface area contributed by atoms with Gasteiger partial charge >= 0.3 is 0 Å². The predicted molar refractivity (Wildman–Crippen MR) is 177 cm³/mol. The number of hydrogen-bond acceptors (Lipinski definition) is 5. The molecule has 2 aromatic heterocycles. The number of nitrogens with zero attached hydrogens (tertiary/aromatic N) is 2. The molecule has 0 aliphatic carbocycles. The number of benzene rings is 4. The Hall–Kier alpha value is -3.21. The Morgan fingerprint density at radius 2 is 1.02 bits per heavy atom. The fourth-order valence-electron chi connectivity index (χ4n) is 4.00. The fourth-order valence-corrected chi connectivity index (χ4v) is 4.64. The van der Waals surface area contributed by atoms with Crippen molar-refractivity contribution in [2.45, 2.75) is 19.9 Å². The number of aromatic nitrogens is 2. The van der Waals surface area contributed by atoms with E-state index in [2.05, 4.69) is 9.97 Å². The van der Waals surface area contributed by atoms with Crippen LogP contribution in [0.25, 0.3) is 21.8 Å². The van der Waals surface area contributed by atoms with E-state index in [4.69, 9.17) is 50.0 Å². The van der Waals surface area contributed by atoms with E-state index in [1.165, 1.54) is 0 Å². The zero-order chi connectivity index (χ0) is 27.9. The molecule has 0 aliphatic heterocycles. The van der Waals surface area contributed by atoms with Gasteiger partial charge in [0.05, 0.1) is 27.0 Å². The molecule has 226 valence electrons. The third-order valence-corrected chi connectivity index (χ3v) is 6.85. The van der Waals surface area contributed by atoms with Crippen LogP contribution in [-0.2, 0) is 32.8 Å². The molecule has 0 amide bonds.